The largest absolute Gasteiger partial charge is 0.327 e. The molecular weight excluding hydrogens is 158 g/mol. The van der Waals surface area contributed by atoms with Gasteiger partial charge in [0.05, 0.1) is 0 Å². The highest BCUT2D eigenvalue weighted by Gasteiger charge is 2.14. The maximum atomic E-state index is 5.94. The summed E-state index contributed by atoms with van der Waals surface area (Å²) in [7, 11) is 0. The fourth-order valence-electron chi connectivity index (χ4n) is 2.06. The van der Waals surface area contributed by atoms with Gasteiger partial charge in [-0.1, -0.05) is 25.1 Å². The van der Waals surface area contributed by atoms with Gasteiger partial charge < -0.3 is 5.73 Å². The normalized spacial score (nSPS) is 21.2. The molecule has 0 saturated heterocycles. The van der Waals surface area contributed by atoms with Crippen LogP contribution in [0.5, 0.6) is 0 Å². The SMILES string of the molecule is CCc1ccc2c(c1)C[C@H](N)CC2. The summed E-state index contributed by atoms with van der Waals surface area (Å²) in [5.74, 6) is 0. The molecule has 0 amide bonds. The summed E-state index contributed by atoms with van der Waals surface area (Å²) in [6, 6.07) is 7.24. The third-order valence-electron chi connectivity index (χ3n) is 2.95. The van der Waals surface area contributed by atoms with Crippen LogP contribution in [0.3, 0.4) is 0 Å². The summed E-state index contributed by atoms with van der Waals surface area (Å²) < 4.78 is 0. The summed E-state index contributed by atoms with van der Waals surface area (Å²) in [5.41, 5.74) is 10.4. The first-order chi connectivity index (χ1) is 6.29. The molecule has 1 nitrogen and oxygen atoms in total. The van der Waals surface area contributed by atoms with Gasteiger partial charge in [0.15, 0.2) is 0 Å². The molecule has 13 heavy (non-hydrogen) atoms. The molecule has 2 rings (SSSR count). The molecule has 1 aromatic rings. The highest BCUT2D eigenvalue weighted by Crippen LogP contribution is 2.21. The van der Waals surface area contributed by atoms with Crippen molar-refractivity contribution < 1.29 is 0 Å². The summed E-state index contributed by atoms with van der Waals surface area (Å²) in [6.07, 6.45) is 4.52. The van der Waals surface area contributed by atoms with Crippen molar-refractivity contribution in [1.29, 1.82) is 0 Å². The van der Waals surface area contributed by atoms with Crippen molar-refractivity contribution in [3.8, 4) is 0 Å². The zero-order valence-corrected chi connectivity index (χ0v) is 8.22. The van der Waals surface area contributed by atoms with Crippen molar-refractivity contribution in [2.75, 3.05) is 0 Å². The quantitative estimate of drug-likeness (QED) is 0.694. The molecule has 1 atom stereocenters. The number of nitrogens with two attached hydrogens (primary N) is 1. The first-order valence-corrected chi connectivity index (χ1v) is 5.16. The van der Waals surface area contributed by atoms with Crippen LogP contribution < -0.4 is 5.73 Å². The van der Waals surface area contributed by atoms with Gasteiger partial charge in [-0.25, -0.2) is 0 Å². The van der Waals surface area contributed by atoms with E-state index in [4.69, 9.17) is 5.73 Å². The fraction of sp³-hybridized carbons (Fsp3) is 0.500. The van der Waals surface area contributed by atoms with Crippen molar-refractivity contribution in [1.82, 2.24) is 0 Å². The standard InChI is InChI=1S/C12H17N/c1-2-9-3-4-10-5-6-12(13)8-11(10)7-9/h3-4,7,12H,2,5-6,8,13H2,1H3/t12-/m1/s1. The summed E-state index contributed by atoms with van der Waals surface area (Å²) in [5, 5.41) is 0. The van der Waals surface area contributed by atoms with E-state index in [0.29, 0.717) is 6.04 Å². The van der Waals surface area contributed by atoms with Gasteiger partial charge in [-0.05, 0) is 42.4 Å². The van der Waals surface area contributed by atoms with Crippen LogP contribution in [0.2, 0.25) is 0 Å². The number of hydrogen-bond acceptors (Lipinski definition) is 1. The Morgan fingerprint density at radius 1 is 1.38 bits per heavy atom. The third-order valence-corrected chi connectivity index (χ3v) is 2.95. The predicted octanol–water partition coefficient (Wildman–Crippen LogP) is 2.06. The smallest absolute Gasteiger partial charge is 0.00825 e. The molecule has 1 aromatic carbocycles. The van der Waals surface area contributed by atoms with Crippen LogP contribution in [-0.2, 0) is 19.3 Å². The molecule has 1 heteroatoms. The van der Waals surface area contributed by atoms with Crippen LogP contribution in [0.25, 0.3) is 0 Å². The lowest BCUT2D eigenvalue weighted by Crippen LogP contribution is -2.27. The molecule has 0 aromatic heterocycles. The number of benzene rings is 1. The second-order valence-electron chi connectivity index (χ2n) is 3.96. The van der Waals surface area contributed by atoms with Crippen molar-refractivity contribution in [3.63, 3.8) is 0 Å². The topological polar surface area (TPSA) is 26.0 Å². The molecule has 0 bridgehead atoms. The molecule has 70 valence electrons. The van der Waals surface area contributed by atoms with Gasteiger partial charge in [-0.3, -0.25) is 0 Å². The average molecular weight is 175 g/mol. The van der Waals surface area contributed by atoms with Crippen molar-refractivity contribution >= 4 is 0 Å². The van der Waals surface area contributed by atoms with Crippen LogP contribution >= 0.6 is 0 Å². The van der Waals surface area contributed by atoms with E-state index in [1.807, 2.05) is 0 Å². The van der Waals surface area contributed by atoms with E-state index < -0.39 is 0 Å². The molecular formula is C12H17N. The summed E-state index contributed by atoms with van der Waals surface area (Å²) >= 11 is 0. The van der Waals surface area contributed by atoms with Gasteiger partial charge in [-0.2, -0.15) is 0 Å². The van der Waals surface area contributed by atoms with Crippen LogP contribution in [0.1, 0.15) is 30.0 Å². The van der Waals surface area contributed by atoms with Crippen LogP contribution in [0.15, 0.2) is 18.2 Å². The Balaban J connectivity index is 2.32. The van der Waals surface area contributed by atoms with Gasteiger partial charge in [0.25, 0.3) is 0 Å². The Morgan fingerprint density at radius 2 is 2.23 bits per heavy atom. The Bertz CT molecular complexity index is 304. The Hall–Kier alpha value is -0.820. The maximum absolute atomic E-state index is 5.94. The molecule has 0 radical (unpaired) electrons. The first-order valence-electron chi connectivity index (χ1n) is 5.16. The minimum absolute atomic E-state index is 0.389. The van der Waals surface area contributed by atoms with E-state index in [0.717, 1.165) is 19.3 Å². The second kappa shape index (κ2) is 3.51. The molecule has 0 spiro atoms. The summed E-state index contributed by atoms with van der Waals surface area (Å²) in [6.45, 7) is 2.20. The van der Waals surface area contributed by atoms with Gasteiger partial charge in [0, 0.05) is 6.04 Å². The van der Waals surface area contributed by atoms with Gasteiger partial charge in [-0.15, -0.1) is 0 Å². The fourth-order valence-corrected chi connectivity index (χ4v) is 2.06. The number of fused-ring (bicyclic) bond motifs is 1. The molecule has 0 saturated carbocycles. The third kappa shape index (κ3) is 1.75. The van der Waals surface area contributed by atoms with Gasteiger partial charge in [0.2, 0.25) is 0 Å². The lowest BCUT2D eigenvalue weighted by molar-refractivity contribution is 0.576. The van der Waals surface area contributed by atoms with E-state index in [1.54, 1.807) is 0 Å². The zero-order valence-electron chi connectivity index (χ0n) is 8.22. The molecule has 1 aliphatic carbocycles. The minimum atomic E-state index is 0.389. The van der Waals surface area contributed by atoms with Crippen LogP contribution in [-0.4, -0.2) is 6.04 Å². The Kier molecular flexibility index (Phi) is 2.36. The Morgan fingerprint density at radius 3 is 3.00 bits per heavy atom. The molecule has 2 N–H and O–H groups in total. The number of hydrogen-bond donors (Lipinski definition) is 1. The van der Waals surface area contributed by atoms with Crippen molar-refractivity contribution in [2.24, 2.45) is 5.73 Å². The number of rotatable bonds is 1. The number of aryl methyl sites for hydroxylation is 2. The minimum Gasteiger partial charge on any atom is -0.327 e. The molecule has 0 heterocycles. The van der Waals surface area contributed by atoms with E-state index in [9.17, 15) is 0 Å². The Labute approximate surface area is 80.0 Å². The average Bonchev–Trinajstić information content (AvgIpc) is 2.16. The van der Waals surface area contributed by atoms with E-state index in [-0.39, 0.29) is 0 Å². The van der Waals surface area contributed by atoms with Crippen molar-refractivity contribution in [3.05, 3.63) is 34.9 Å². The highest BCUT2D eigenvalue weighted by molar-refractivity contribution is 5.34. The lowest BCUT2D eigenvalue weighted by atomic mass is 9.87. The van der Waals surface area contributed by atoms with Gasteiger partial charge >= 0.3 is 0 Å². The van der Waals surface area contributed by atoms with E-state index >= 15 is 0 Å². The second-order valence-corrected chi connectivity index (χ2v) is 3.96. The first kappa shape index (κ1) is 8.76. The van der Waals surface area contributed by atoms with E-state index in [2.05, 4.69) is 25.1 Å². The zero-order chi connectivity index (χ0) is 9.26. The molecule has 0 unspecified atom stereocenters. The monoisotopic (exact) mass is 175 g/mol. The maximum Gasteiger partial charge on any atom is 0.00825 e. The summed E-state index contributed by atoms with van der Waals surface area (Å²) in [4.78, 5) is 0. The lowest BCUT2D eigenvalue weighted by Gasteiger charge is -2.21. The van der Waals surface area contributed by atoms with Crippen LogP contribution in [0.4, 0.5) is 0 Å². The van der Waals surface area contributed by atoms with E-state index in [1.165, 1.54) is 23.1 Å². The van der Waals surface area contributed by atoms with Crippen molar-refractivity contribution in [2.45, 2.75) is 38.6 Å². The highest BCUT2D eigenvalue weighted by atomic mass is 14.6. The predicted molar refractivity (Wildman–Crippen MR) is 55.8 cm³/mol. The molecule has 0 fully saturated rings. The van der Waals surface area contributed by atoms with Crippen LogP contribution in [0, 0.1) is 0 Å². The molecule has 0 aliphatic heterocycles. The van der Waals surface area contributed by atoms with Gasteiger partial charge in [0.1, 0.15) is 0 Å². The molecule has 1 aliphatic rings.